The monoisotopic (exact) mass is 212 g/mol. The van der Waals surface area contributed by atoms with E-state index >= 15 is 0 Å². The summed E-state index contributed by atoms with van der Waals surface area (Å²) < 4.78 is 23.4. The standard InChI is InChI=1S/C6H16N2O2S2/c1-3-11-5-4-6(2)8-12(7,9)10/h6,8H,3-5H2,1-2H3,(H2,7,9,10). The van der Waals surface area contributed by atoms with Gasteiger partial charge < -0.3 is 0 Å². The van der Waals surface area contributed by atoms with Gasteiger partial charge in [0.1, 0.15) is 0 Å². The van der Waals surface area contributed by atoms with Crippen molar-refractivity contribution < 1.29 is 8.42 Å². The third-order valence-corrected chi connectivity index (χ3v) is 2.93. The molecular weight excluding hydrogens is 196 g/mol. The number of rotatable bonds is 6. The summed E-state index contributed by atoms with van der Waals surface area (Å²) in [5, 5.41) is 4.79. The van der Waals surface area contributed by atoms with E-state index in [4.69, 9.17) is 5.14 Å². The van der Waals surface area contributed by atoms with Crippen LogP contribution in [0.4, 0.5) is 0 Å². The molecular formula is C6H16N2O2S2. The third-order valence-electron chi connectivity index (χ3n) is 1.26. The Morgan fingerprint density at radius 1 is 1.58 bits per heavy atom. The van der Waals surface area contributed by atoms with Crippen LogP contribution in [0.25, 0.3) is 0 Å². The lowest BCUT2D eigenvalue weighted by atomic mass is 10.3. The Bertz CT molecular complexity index is 204. The summed E-state index contributed by atoms with van der Waals surface area (Å²) in [7, 11) is -3.52. The maximum Gasteiger partial charge on any atom is 0.274 e. The molecule has 0 heterocycles. The Balaban J connectivity index is 3.53. The Kier molecular flexibility index (Phi) is 5.90. The van der Waals surface area contributed by atoms with Gasteiger partial charge in [-0.05, 0) is 24.9 Å². The zero-order valence-corrected chi connectivity index (χ0v) is 9.04. The maximum atomic E-state index is 10.5. The van der Waals surface area contributed by atoms with Crippen LogP contribution >= 0.6 is 11.8 Å². The summed E-state index contributed by atoms with van der Waals surface area (Å²) in [6, 6.07) is -0.0703. The van der Waals surface area contributed by atoms with Gasteiger partial charge in [-0.25, -0.2) is 5.14 Å². The van der Waals surface area contributed by atoms with Gasteiger partial charge in [0.2, 0.25) is 0 Å². The SMILES string of the molecule is CCSCCC(C)NS(N)(=O)=O. The van der Waals surface area contributed by atoms with Crippen molar-refractivity contribution in [2.24, 2.45) is 5.14 Å². The first-order valence-electron chi connectivity index (χ1n) is 3.83. The number of hydrogen-bond donors (Lipinski definition) is 2. The quantitative estimate of drug-likeness (QED) is 0.622. The van der Waals surface area contributed by atoms with Gasteiger partial charge in [0.25, 0.3) is 10.2 Å². The van der Waals surface area contributed by atoms with Crippen molar-refractivity contribution >= 4 is 22.0 Å². The van der Waals surface area contributed by atoms with Crippen molar-refractivity contribution in [3.05, 3.63) is 0 Å². The molecule has 4 nitrogen and oxygen atoms in total. The summed E-state index contributed by atoms with van der Waals surface area (Å²) in [6.07, 6.45) is 0.814. The molecule has 0 fully saturated rings. The molecule has 0 spiro atoms. The van der Waals surface area contributed by atoms with E-state index in [1.807, 2.05) is 0 Å². The lowest BCUT2D eigenvalue weighted by Crippen LogP contribution is -2.37. The molecule has 1 atom stereocenters. The van der Waals surface area contributed by atoms with Crippen LogP contribution in [0.3, 0.4) is 0 Å². The van der Waals surface area contributed by atoms with Crippen LogP contribution in [0.5, 0.6) is 0 Å². The molecule has 0 aliphatic carbocycles. The largest absolute Gasteiger partial charge is 0.274 e. The zero-order chi connectivity index (χ0) is 9.61. The summed E-state index contributed by atoms with van der Waals surface area (Å²) in [5.41, 5.74) is 0. The highest BCUT2D eigenvalue weighted by Gasteiger charge is 2.07. The highest BCUT2D eigenvalue weighted by Crippen LogP contribution is 2.03. The second-order valence-corrected chi connectivity index (χ2v) is 5.27. The highest BCUT2D eigenvalue weighted by molar-refractivity contribution is 7.99. The molecule has 0 saturated heterocycles. The molecule has 6 heteroatoms. The van der Waals surface area contributed by atoms with E-state index < -0.39 is 10.2 Å². The van der Waals surface area contributed by atoms with Crippen LogP contribution in [0.15, 0.2) is 0 Å². The van der Waals surface area contributed by atoms with Crippen LogP contribution in [-0.4, -0.2) is 26.0 Å². The van der Waals surface area contributed by atoms with Crippen LogP contribution in [0, 0.1) is 0 Å². The molecule has 12 heavy (non-hydrogen) atoms. The van der Waals surface area contributed by atoms with Crippen LogP contribution in [0.2, 0.25) is 0 Å². The Hall–Kier alpha value is 0.220. The summed E-state index contributed by atoms with van der Waals surface area (Å²) in [4.78, 5) is 0. The molecule has 0 radical (unpaired) electrons. The van der Waals surface area contributed by atoms with Gasteiger partial charge >= 0.3 is 0 Å². The molecule has 0 bridgehead atoms. The van der Waals surface area contributed by atoms with E-state index in [0.29, 0.717) is 0 Å². The minimum absolute atomic E-state index is 0.0703. The first kappa shape index (κ1) is 12.2. The molecule has 0 aliphatic heterocycles. The van der Waals surface area contributed by atoms with Crippen molar-refractivity contribution in [3.8, 4) is 0 Å². The average Bonchev–Trinajstić information content (AvgIpc) is 1.84. The molecule has 0 aliphatic rings. The van der Waals surface area contributed by atoms with Crippen molar-refractivity contribution in [3.63, 3.8) is 0 Å². The van der Waals surface area contributed by atoms with Gasteiger partial charge in [-0.1, -0.05) is 6.92 Å². The predicted octanol–water partition coefficient (Wildman–Crippen LogP) is 0.311. The smallest absolute Gasteiger partial charge is 0.216 e. The van der Waals surface area contributed by atoms with Gasteiger partial charge in [-0.15, -0.1) is 0 Å². The fraction of sp³-hybridized carbons (Fsp3) is 1.00. The minimum Gasteiger partial charge on any atom is -0.216 e. The lowest BCUT2D eigenvalue weighted by molar-refractivity contribution is 0.558. The maximum absolute atomic E-state index is 10.5. The van der Waals surface area contributed by atoms with Crippen LogP contribution in [0.1, 0.15) is 20.3 Å². The second kappa shape index (κ2) is 5.80. The lowest BCUT2D eigenvalue weighted by Gasteiger charge is -2.10. The summed E-state index contributed by atoms with van der Waals surface area (Å²) >= 11 is 1.79. The number of thioether (sulfide) groups is 1. The van der Waals surface area contributed by atoms with E-state index in [1.54, 1.807) is 18.7 Å². The average molecular weight is 212 g/mol. The normalized spacial score (nSPS) is 14.6. The Morgan fingerprint density at radius 3 is 2.58 bits per heavy atom. The van der Waals surface area contributed by atoms with E-state index in [-0.39, 0.29) is 6.04 Å². The van der Waals surface area contributed by atoms with E-state index in [0.717, 1.165) is 17.9 Å². The first-order valence-corrected chi connectivity index (χ1v) is 6.53. The van der Waals surface area contributed by atoms with Gasteiger partial charge in [-0.2, -0.15) is 24.9 Å². The number of hydrogen-bond acceptors (Lipinski definition) is 3. The second-order valence-electron chi connectivity index (χ2n) is 2.55. The molecule has 3 N–H and O–H groups in total. The molecule has 0 saturated carbocycles. The Morgan fingerprint density at radius 2 is 2.17 bits per heavy atom. The van der Waals surface area contributed by atoms with Crippen molar-refractivity contribution in [2.75, 3.05) is 11.5 Å². The molecule has 74 valence electrons. The van der Waals surface area contributed by atoms with Gasteiger partial charge in [0.15, 0.2) is 0 Å². The summed E-state index contributed by atoms with van der Waals surface area (Å²) in [6.45, 7) is 3.88. The molecule has 0 aromatic rings. The molecule has 1 unspecified atom stereocenters. The van der Waals surface area contributed by atoms with Crippen LogP contribution in [-0.2, 0) is 10.2 Å². The van der Waals surface area contributed by atoms with Crippen molar-refractivity contribution in [1.29, 1.82) is 0 Å². The van der Waals surface area contributed by atoms with E-state index in [9.17, 15) is 8.42 Å². The zero-order valence-electron chi connectivity index (χ0n) is 7.41. The molecule has 0 aromatic carbocycles. The van der Waals surface area contributed by atoms with Crippen LogP contribution < -0.4 is 9.86 Å². The van der Waals surface area contributed by atoms with Gasteiger partial charge in [0.05, 0.1) is 0 Å². The fourth-order valence-electron chi connectivity index (χ4n) is 0.744. The minimum atomic E-state index is -3.52. The Labute approximate surface area is 78.5 Å². The highest BCUT2D eigenvalue weighted by atomic mass is 32.2. The third kappa shape index (κ3) is 8.32. The summed E-state index contributed by atoms with van der Waals surface area (Å²) in [5.74, 6) is 2.02. The van der Waals surface area contributed by atoms with E-state index in [1.165, 1.54) is 0 Å². The molecule has 0 rings (SSSR count). The van der Waals surface area contributed by atoms with Crippen molar-refractivity contribution in [1.82, 2.24) is 4.72 Å². The van der Waals surface area contributed by atoms with Gasteiger partial charge in [-0.3, -0.25) is 0 Å². The number of nitrogens with two attached hydrogens (primary N) is 1. The first-order chi connectivity index (χ1) is 5.45. The topological polar surface area (TPSA) is 72.2 Å². The molecule has 0 aromatic heterocycles. The van der Waals surface area contributed by atoms with E-state index in [2.05, 4.69) is 11.6 Å². The fourth-order valence-corrected chi connectivity index (χ4v) is 2.23. The van der Waals surface area contributed by atoms with Gasteiger partial charge in [0, 0.05) is 6.04 Å². The van der Waals surface area contributed by atoms with Crippen molar-refractivity contribution in [2.45, 2.75) is 26.3 Å². The predicted molar refractivity (Wildman–Crippen MR) is 53.3 cm³/mol. The molecule has 0 amide bonds. The number of nitrogens with one attached hydrogen (secondary N) is 1.